The van der Waals surface area contributed by atoms with Gasteiger partial charge in [0.15, 0.2) is 0 Å². The summed E-state index contributed by atoms with van der Waals surface area (Å²) in [4.78, 5) is 12.8. The number of aryl methyl sites for hydroxylation is 2. The number of nitriles is 1. The fourth-order valence-electron chi connectivity index (χ4n) is 2.98. The van der Waals surface area contributed by atoms with Gasteiger partial charge >= 0.3 is 10.1 Å². The van der Waals surface area contributed by atoms with Crippen LogP contribution in [0.25, 0.3) is 0 Å². The third kappa shape index (κ3) is 5.25. The van der Waals surface area contributed by atoms with Gasteiger partial charge in [0.2, 0.25) is 0 Å². The van der Waals surface area contributed by atoms with Crippen LogP contribution in [0.3, 0.4) is 0 Å². The molecule has 164 valence electrons. The van der Waals surface area contributed by atoms with Crippen LogP contribution in [0.4, 0.5) is 5.69 Å². The lowest BCUT2D eigenvalue weighted by Crippen LogP contribution is -2.14. The van der Waals surface area contributed by atoms with Crippen molar-refractivity contribution in [1.29, 1.82) is 5.26 Å². The summed E-state index contributed by atoms with van der Waals surface area (Å²) in [6, 6.07) is 17.6. The number of amides is 1. The second kappa shape index (κ2) is 9.54. The van der Waals surface area contributed by atoms with Crippen LogP contribution in [0.2, 0.25) is 0 Å². The lowest BCUT2D eigenvalue weighted by atomic mass is 10.1. The van der Waals surface area contributed by atoms with Gasteiger partial charge in [0, 0.05) is 5.56 Å². The maximum Gasteiger partial charge on any atom is 0.339 e. The largest absolute Gasteiger partial charge is 0.492 e. The van der Waals surface area contributed by atoms with Gasteiger partial charge in [-0.3, -0.25) is 4.79 Å². The van der Waals surface area contributed by atoms with Crippen molar-refractivity contribution < 1.29 is 22.1 Å². The Morgan fingerprint density at radius 3 is 2.41 bits per heavy atom. The molecule has 0 saturated carbocycles. The Hall–Kier alpha value is -3.83. The zero-order valence-electron chi connectivity index (χ0n) is 17.9. The fraction of sp³-hybridized carbons (Fsp3) is 0.167. The van der Waals surface area contributed by atoms with Gasteiger partial charge in [-0.2, -0.15) is 13.7 Å². The van der Waals surface area contributed by atoms with E-state index < -0.39 is 16.0 Å². The average molecular weight is 451 g/mol. The normalized spacial score (nSPS) is 10.8. The van der Waals surface area contributed by atoms with Crippen molar-refractivity contribution in [3.8, 4) is 17.6 Å². The summed E-state index contributed by atoms with van der Waals surface area (Å²) in [6.07, 6.45) is 0. The first-order valence-corrected chi connectivity index (χ1v) is 11.2. The Kier molecular flexibility index (Phi) is 6.81. The van der Waals surface area contributed by atoms with E-state index >= 15 is 0 Å². The Morgan fingerprint density at radius 2 is 1.75 bits per heavy atom. The predicted octanol–water partition coefficient (Wildman–Crippen LogP) is 4.59. The molecule has 0 saturated heterocycles. The number of anilines is 1. The molecule has 0 bridgehead atoms. The van der Waals surface area contributed by atoms with Crippen molar-refractivity contribution in [2.24, 2.45) is 0 Å². The molecule has 0 atom stereocenters. The molecule has 0 radical (unpaired) electrons. The number of nitrogens with one attached hydrogen (secondary N) is 1. The molecule has 8 heteroatoms. The van der Waals surface area contributed by atoms with Gasteiger partial charge in [0.1, 0.15) is 16.4 Å². The van der Waals surface area contributed by atoms with E-state index in [1.54, 1.807) is 38.1 Å². The molecule has 1 amide bonds. The highest BCUT2D eigenvalue weighted by atomic mass is 32.2. The Bertz CT molecular complexity index is 1290. The van der Waals surface area contributed by atoms with Gasteiger partial charge in [-0.1, -0.05) is 12.1 Å². The topological polar surface area (TPSA) is 105 Å². The van der Waals surface area contributed by atoms with Gasteiger partial charge in [-0.25, -0.2) is 0 Å². The lowest BCUT2D eigenvalue weighted by Gasteiger charge is -2.12. The number of nitrogens with zero attached hydrogens (tertiary/aromatic N) is 1. The summed E-state index contributed by atoms with van der Waals surface area (Å²) >= 11 is 0. The molecule has 0 heterocycles. The molecular formula is C24H22N2O5S. The van der Waals surface area contributed by atoms with Crippen molar-refractivity contribution in [2.45, 2.75) is 25.7 Å². The molecule has 0 unspecified atom stereocenters. The summed E-state index contributed by atoms with van der Waals surface area (Å²) in [5.74, 6) is 0.0911. The van der Waals surface area contributed by atoms with Gasteiger partial charge in [-0.05, 0) is 80.4 Å². The number of carbonyl (C=O) groups excluding carboxylic acids is 1. The SMILES string of the molecule is CCOc1ccc(C#N)cc1NC(=O)c1ccc(OS(=O)(=O)c2cc(C)ccc2C)cc1. The maximum atomic E-state index is 12.7. The van der Waals surface area contributed by atoms with Crippen LogP contribution in [-0.2, 0) is 10.1 Å². The Balaban J connectivity index is 1.78. The van der Waals surface area contributed by atoms with Crippen LogP contribution < -0.4 is 14.2 Å². The fourth-order valence-corrected chi connectivity index (χ4v) is 4.23. The van der Waals surface area contributed by atoms with E-state index in [9.17, 15) is 13.2 Å². The van der Waals surface area contributed by atoms with Crippen LogP contribution in [0.1, 0.15) is 34.0 Å². The van der Waals surface area contributed by atoms with Crippen LogP contribution in [-0.4, -0.2) is 20.9 Å². The second-order valence-corrected chi connectivity index (χ2v) is 8.56. The van der Waals surface area contributed by atoms with E-state index in [2.05, 4.69) is 5.32 Å². The van der Waals surface area contributed by atoms with Gasteiger partial charge < -0.3 is 14.2 Å². The monoisotopic (exact) mass is 450 g/mol. The molecule has 1 N–H and O–H groups in total. The van der Waals surface area contributed by atoms with E-state index in [0.29, 0.717) is 29.2 Å². The highest BCUT2D eigenvalue weighted by Gasteiger charge is 2.20. The number of carbonyl (C=O) groups is 1. The van der Waals surface area contributed by atoms with Crippen molar-refractivity contribution in [3.63, 3.8) is 0 Å². The molecule has 32 heavy (non-hydrogen) atoms. The van der Waals surface area contributed by atoms with Gasteiger partial charge in [0.25, 0.3) is 5.91 Å². The minimum atomic E-state index is -4.02. The molecule has 0 fully saturated rings. The summed E-state index contributed by atoms with van der Waals surface area (Å²) in [5.41, 5.74) is 2.41. The molecule has 3 rings (SSSR count). The first-order chi connectivity index (χ1) is 15.2. The number of rotatable bonds is 7. The standard InChI is InChI=1S/C24H22N2O5S/c1-4-30-22-12-7-18(15-25)14-21(22)26-24(27)19-8-10-20(11-9-19)31-32(28,29)23-13-16(2)5-6-17(23)3/h5-14H,4H2,1-3H3,(H,26,27). The predicted molar refractivity (Wildman–Crippen MR) is 120 cm³/mol. The van der Waals surface area contributed by atoms with Crippen molar-refractivity contribution in [2.75, 3.05) is 11.9 Å². The average Bonchev–Trinajstić information content (AvgIpc) is 2.76. The van der Waals surface area contributed by atoms with Crippen LogP contribution >= 0.6 is 0 Å². The smallest absolute Gasteiger partial charge is 0.339 e. The summed E-state index contributed by atoms with van der Waals surface area (Å²) in [5, 5.41) is 11.8. The Labute approximate surface area is 187 Å². The van der Waals surface area contributed by atoms with E-state index in [-0.39, 0.29) is 16.2 Å². The summed E-state index contributed by atoms with van der Waals surface area (Å²) < 4.78 is 36.0. The number of hydrogen-bond donors (Lipinski definition) is 1. The quantitative estimate of drug-likeness (QED) is 0.528. The molecule has 0 aliphatic rings. The molecule has 7 nitrogen and oxygen atoms in total. The van der Waals surface area contributed by atoms with Crippen molar-refractivity contribution >= 4 is 21.7 Å². The van der Waals surface area contributed by atoms with E-state index in [0.717, 1.165) is 5.56 Å². The highest BCUT2D eigenvalue weighted by Crippen LogP contribution is 2.27. The molecule has 0 aromatic heterocycles. The van der Waals surface area contributed by atoms with Gasteiger partial charge in [-0.15, -0.1) is 0 Å². The van der Waals surface area contributed by atoms with E-state index in [1.165, 1.54) is 30.3 Å². The first kappa shape index (κ1) is 22.8. The maximum absolute atomic E-state index is 12.7. The number of benzene rings is 3. The molecule has 3 aromatic rings. The molecule has 0 aliphatic heterocycles. The molecule has 0 spiro atoms. The van der Waals surface area contributed by atoms with Gasteiger partial charge in [0.05, 0.1) is 23.9 Å². The van der Waals surface area contributed by atoms with E-state index in [1.807, 2.05) is 19.1 Å². The lowest BCUT2D eigenvalue weighted by molar-refractivity contribution is 0.102. The third-order valence-electron chi connectivity index (χ3n) is 4.59. The zero-order valence-corrected chi connectivity index (χ0v) is 18.7. The zero-order chi connectivity index (χ0) is 23.3. The molecule has 0 aliphatic carbocycles. The van der Waals surface area contributed by atoms with E-state index in [4.69, 9.17) is 14.2 Å². The minimum Gasteiger partial charge on any atom is -0.492 e. The molecular weight excluding hydrogens is 428 g/mol. The molecule has 3 aromatic carbocycles. The van der Waals surface area contributed by atoms with Crippen LogP contribution in [0.5, 0.6) is 11.5 Å². The highest BCUT2D eigenvalue weighted by molar-refractivity contribution is 7.87. The summed E-state index contributed by atoms with van der Waals surface area (Å²) in [7, 11) is -4.02. The minimum absolute atomic E-state index is 0.0870. The van der Waals surface area contributed by atoms with Crippen LogP contribution in [0, 0.1) is 25.2 Å². The number of ether oxygens (including phenoxy) is 1. The van der Waals surface area contributed by atoms with Crippen LogP contribution in [0.15, 0.2) is 65.6 Å². The Morgan fingerprint density at radius 1 is 1.03 bits per heavy atom. The van der Waals surface area contributed by atoms with Crippen molar-refractivity contribution in [1.82, 2.24) is 0 Å². The number of hydrogen-bond acceptors (Lipinski definition) is 6. The van der Waals surface area contributed by atoms with Crippen molar-refractivity contribution in [3.05, 3.63) is 82.9 Å². The first-order valence-electron chi connectivity index (χ1n) is 9.83. The summed E-state index contributed by atoms with van der Waals surface area (Å²) in [6.45, 7) is 5.71. The second-order valence-electron chi connectivity index (χ2n) is 7.04. The third-order valence-corrected chi connectivity index (χ3v) is 5.98.